The lowest BCUT2D eigenvalue weighted by Gasteiger charge is -2.07. The van der Waals surface area contributed by atoms with Crippen LogP contribution in [0.25, 0.3) is 10.8 Å². The Balaban J connectivity index is 0.000000606. The first kappa shape index (κ1) is 12.4. The van der Waals surface area contributed by atoms with Gasteiger partial charge in [0.2, 0.25) is 0 Å². The molecule has 2 rings (SSSR count). The molecule has 0 heterocycles. The van der Waals surface area contributed by atoms with Gasteiger partial charge in [-0.1, -0.05) is 26.0 Å². The van der Waals surface area contributed by atoms with E-state index in [0.29, 0.717) is 0 Å². The van der Waals surface area contributed by atoms with Gasteiger partial charge in [-0.15, -0.1) is 0 Å². The molecule has 0 saturated heterocycles. The minimum Gasteiger partial charge on any atom is -0.497 e. The summed E-state index contributed by atoms with van der Waals surface area (Å²) >= 11 is 0. The molecule has 2 nitrogen and oxygen atoms in total. The average Bonchev–Trinajstić information content (AvgIpc) is 2.36. The van der Waals surface area contributed by atoms with Crippen LogP contribution in [-0.2, 0) is 0 Å². The van der Waals surface area contributed by atoms with Gasteiger partial charge in [0.05, 0.1) is 7.11 Å². The summed E-state index contributed by atoms with van der Waals surface area (Å²) in [7, 11) is 1.66. The van der Waals surface area contributed by atoms with Crippen molar-refractivity contribution >= 4 is 16.5 Å². The quantitative estimate of drug-likeness (QED) is 0.738. The van der Waals surface area contributed by atoms with E-state index in [1.165, 1.54) is 10.9 Å². The van der Waals surface area contributed by atoms with Crippen LogP contribution in [0.15, 0.2) is 30.3 Å². The first-order valence-corrected chi connectivity index (χ1v) is 5.55. The van der Waals surface area contributed by atoms with E-state index in [9.17, 15) is 0 Å². The Bertz CT molecular complexity index is 477. The van der Waals surface area contributed by atoms with Crippen molar-refractivity contribution in [2.45, 2.75) is 20.8 Å². The highest BCUT2D eigenvalue weighted by Gasteiger charge is 2.02. The number of benzene rings is 2. The lowest BCUT2D eigenvalue weighted by atomic mass is 10.0. The third-order valence-corrected chi connectivity index (χ3v) is 2.48. The monoisotopic (exact) mass is 217 g/mol. The smallest absolute Gasteiger partial charge is 0.119 e. The Morgan fingerprint density at radius 1 is 1.00 bits per heavy atom. The maximum absolute atomic E-state index is 5.89. The minimum atomic E-state index is 0.796. The summed E-state index contributed by atoms with van der Waals surface area (Å²) in [6.45, 7) is 6.08. The summed E-state index contributed by atoms with van der Waals surface area (Å²) in [6.07, 6.45) is 0. The fraction of sp³-hybridized carbons (Fsp3) is 0.286. The first-order chi connectivity index (χ1) is 7.72. The Morgan fingerprint density at radius 2 is 1.69 bits per heavy atom. The zero-order valence-electron chi connectivity index (χ0n) is 10.4. The number of nitrogen functional groups attached to an aromatic ring is 1. The number of nitrogens with two attached hydrogens (primary N) is 1. The van der Waals surface area contributed by atoms with E-state index in [0.717, 1.165) is 16.8 Å². The highest BCUT2D eigenvalue weighted by molar-refractivity contribution is 5.95. The SMILES string of the molecule is CC.COc1ccc2c(C)ccc(N)c2c1. The van der Waals surface area contributed by atoms with Gasteiger partial charge in [0, 0.05) is 11.1 Å². The number of methoxy groups -OCH3 is 1. The third-order valence-electron chi connectivity index (χ3n) is 2.48. The van der Waals surface area contributed by atoms with Gasteiger partial charge in [0.25, 0.3) is 0 Å². The molecule has 0 atom stereocenters. The van der Waals surface area contributed by atoms with Gasteiger partial charge in [0.15, 0.2) is 0 Å². The summed E-state index contributed by atoms with van der Waals surface area (Å²) in [5.74, 6) is 0.842. The largest absolute Gasteiger partial charge is 0.497 e. The van der Waals surface area contributed by atoms with E-state index >= 15 is 0 Å². The van der Waals surface area contributed by atoms with Crippen LogP contribution in [0.1, 0.15) is 19.4 Å². The van der Waals surface area contributed by atoms with Crippen molar-refractivity contribution in [3.8, 4) is 5.75 Å². The minimum absolute atomic E-state index is 0.796. The molecule has 2 N–H and O–H groups in total. The van der Waals surface area contributed by atoms with Crippen LogP contribution < -0.4 is 10.5 Å². The molecule has 0 aliphatic heterocycles. The zero-order valence-corrected chi connectivity index (χ0v) is 10.4. The maximum Gasteiger partial charge on any atom is 0.119 e. The van der Waals surface area contributed by atoms with Gasteiger partial charge in [-0.3, -0.25) is 0 Å². The molecule has 0 unspecified atom stereocenters. The Hall–Kier alpha value is -1.70. The molecule has 0 amide bonds. The Morgan fingerprint density at radius 3 is 2.31 bits per heavy atom. The van der Waals surface area contributed by atoms with Crippen molar-refractivity contribution in [3.63, 3.8) is 0 Å². The molecule has 0 aliphatic rings. The molecule has 2 heteroatoms. The summed E-state index contributed by atoms with van der Waals surface area (Å²) in [5.41, 5.74) is 7.92. The van der Waals surface area contributed by atoms with Crippen LogP contribution in [-0.4, -0.2) is 7.11 Å². The molecular weight excluding hydrogens is 198 g/mol. The predicted octanol–water partition coefficient (Wildman–Crippen LogP) is 3.77. The van der Waals surface area contributed by atoms with Crippen LogP contribution in [0.5, 0.6) is 5.75 Å². The standard InChI is InChI=1S/C12H13NO.C2H6/c1-8-3-6-12(13)11-7-9(14-2)4-5-10(8)11;1-2/h3-7H,13H2,1-2H3;1-2H3. The molecule has 0 aromatic heterocycles. The number of hydrogen-bond acceptors (Lipinski definition) is 2. The lowest BCUT2D eigenvalue weighted by Crippen LogP contribution is -1.90. The molecule has 2 aromatic rings. The van der Waals surface area contributed by atoms with E-state index < -0.39 is 0 Å². The topological polar surface area (TPSA) is 35.2 Å². The summed E-state index contributed by atoms with van der Waals surface area (Å²) in [6, 6.07) is 9.92. The van der Waals surface area contributed by atoms with Crippen LogP contribution in [0.4, 0.5) is 5.69 Å². The maximum atomic E-state index is 5.89. The number of fused-ring (bicyclic) bond motifs is 1. The van der Waals surface area contributed by atoms with Crippen molar-refractivity contribution in [2.75, 3.05) is 12.8 Å². The Labute approximate surface area is 97.0 Å². The van der Waals surface area contributed by atoms with Gasteiger partial charge in [-0.25, -0.2) is 0 Å². The second kappa shape index (κ2) is 5.40. The van der Waals surface area contributed by atoms with Gasteiger partial charge in [-0.05, 0) is 36.1 Å². The van der Waals surface area contributed by atoms with Crippen LogP contribution >= 0.6 is 0 Å². The van der Waals surface area contributed by atoms with Gasteiger partial charge >= 0.3 is 0 Å². The van der Waals surface area contributed by atoms with Crippen LogP contribution in [0.2, 0.25) is 0 Å². The summed E-state index contributed by atoms with van der Waals surface area (Å²) in [4.78, 5) is 0. The van der Waals surface area contributed by atoms with E-state index in [4.69, 9.17) is 10.5 Å². The van der Waals surface area contributed by atoms with Gasteiger partial charge < -0.3 is 10.5 Å². The van der Waals surface area contributed by atoms with E-state index in [1.807, 2.05) is 44.2 Å². The van der Waals surface area contributed by atoms with Crippen molar-refractivity contribution in [2.24, 2.45) is 0 Å². The van der Waals surface area contributed by atoms with Crippen molar-refractivity contribution in [1.29, 1.82) is 0 Å². The molecule has 16 heavy (non-hydrogen) atoms. The first-order valence-electron chi connectivity index (χ1n) is 5.55. The van der Waals surface area contributed by atoms with E-state index in [1.54, 1.807) is 7.11 Å². The molecule has 2 aromatic carbocycles. The lowest BCUT2D eigenvalue weighted by molar-refractivity contribution is 0.415. The Kier molecular flexibility index (Phi) is 4.18. The molecule has 0 fully saturated rings. The second-order valence-corrected chi connectivity index (χ2v) is 3.38. The van der Waals surface area contributed by atoms with Crippen molar-refractivity contribution in [3.05, 3.63) is 35.9 Å². The number of rotatable bonds is 1. The molecule has 0 aliphatic carbocycles. The molecule has 0 bridgehead atoms. The highest BCUT2D eigenvalue weighted by atomic mass is 16.5. The predicted molar refractivity (Wildman–Crippen MR) is 71.0 cm³/mol. The molecular formula is C14H19NO. The number of aryl methyl sites for hydroxylation is 1. The second-order valence-electron chi connectivity index (χ2n) is 3.38. The molecule has 0 saturated carbocycles. The average molecular weight is 217 g/mol. The number of ether oxygens (including phenoxy) is 1. The normalized spacial score (nSPS) is 9.50. The zero-order chi connectivity index (χ0) is 12.1. The van der Waals surface area contributed by atoms with Crippen molar-refractivity contribution < 1.29 is 4.74 Å². The molecule has 86 valence electrons. The van der Waals surface area contributed by atoms with Crippen LogP contribution in [0.3, 0.4) is 0 Å². The number of hydrogen-bond donors (Lipinski definition) is 1. The molecule has 0 radical (unpaired) electrons. The summed E-state index contributed by atoms with van der Waals surface area (Å²) in [5, 5.41) is 2.25. The molecule has 0 spiro atoms. The number of anilines is 1. The fourth-order valence-corrected chi connectivity index (χ4v) is 1.63. The fourth-order valence-electron chi connectivity index (χ4n) is 1.63. The van der Waals surface area contributed by atoms with Gasteiger partial charge in [0.1, 0.15) is 5.75 Å². The summed E-state index contributed by atoms with van der Waals surface area (Å²) < 4.78 is 5.16. The van der Waals surface area contributed by atoms with E-state index in [-0.39, 0.29) is 0 Å². The van der Waals surface area contributed by atoms with Gasteiger partial charge in [-0.2, -0.15) is 0 Å². The highest BCUT2D eigenvalue weighted by Crippen LogP contribution is 2.27. The van der Waals surface area contributed by atoms with E-state index in [2.05, 4.69) is 6.92 Å². The third kappa shape index (κ3) is 2.27. The van der Waals surface area contributed by atoms with Crippen LogP contribution in [0, 0.1) is 6.92 Å². The van der Waals surface area contributed by atoms with Crippen molar-refractivity contribution in [1.82, 2.24) is 0 Å².